The molecule has 0 saturated carbocycles. The molecule has 2 aromatic carbocycles. The topological polar surface area (TPSA) is 24.9 Å². The number of hydrogen-bond donors (Lipinski definition) is 1. The van der Waals surface area contributed by atoms with Crippen molar-refractivity contribution in [1.82, 2.24) is 4.98 Å². The number of anilines is 1. The van der Waals surface area contributed by atoms with Crippen LogP contribution in [0.3, 0.4) is 0 Å². The van der Waals surface area contributed by atoms with Gasteiger partial charge in [-0.25, -0.2) is 8.78 Å². The number of rotatable bonds is 3. The molecule has 0 aliphatic heterocycles. The van der Waals surface area contributed by atoms with Crippen molar-refractivity contribution in [2.24, 2.45) is 0 Å². The van der Waals surface area contributed by atoms with E-state index in [1.165, 1.54) is 0 Å². The Morgan fingerprint density at radius 3 is 2.75 bits per heavy atom. The lowest BCUT2D eigenvalue weighted by molar-refractivity contribution is 0.602. The first-order chi connectivity index (χ1) is 9.74. The molecule has 0 aliphatic rings. The molecule has 1 heterocycles. The van der Waals surface area contributed by atoms with Crippen molar-refractivity contribution >= 4 is 16.6 Å². The largest absolute Gasteiger partial charge is 0.378 e. The maximum Gasteiger partial charge on any atom is 0.146 e. The third-order valence-electron chi connectivity index (χ3n) is 3.11. The Kier molecular flexibility index (Phi) is 3.29. The van der Waals surface area contributed by atoms with Gasteiger partial charge in [0.2, 0.25) is 0 Å². The van der Waals surface area contributed by atoms with E-state index in [1.807, 2.05) is 30.3 Å². The summed E-state index contributed by atoms with van der Waals surface area (Å²) in [7, 11) is 0. The van der Waals surface area contributed by atoms with Gasteiger partial charge in [0.15, 0.2) is 0 Å². The SMILES string of the molecule is Fc1ccc(F)c(NCc2cccc3cccnc23)c1. The highest BCUT2D eigenvalue weighted by Crippen LogP contribution is 2.19. The van der Waals surface area contributed by atoms with Gasteiger partial charge in [-0.1, -0.05) is 24.3 Å². The molecule has 0 atom stereocenters. The molecule has 4 heteroatoms. The Bertz CT molecular complexity index is 751. The van der Waals surface area contributed by atoms with E-state index >= 15 is 0 Å². The van der Waals surface area contributed by atoms with Gasteiger partial charge in [0.05, 0.1) is 11.2 Å². The molecule has 0 aliphatic carbocycles. The number of hydrogen-bond acceptors (Lipinski definition) is 2. The average molecular weight is 270 g/mol. The third kappa shape index (κ3) is 2.45. The standard InChI is InChI=1S/C16H12F2N2/c17-13-6-7-14(18)15(9-13)20-10-12-4-1-3-11-5-2-8-19-16(11)12/h1-9,20H,10H2. The molecule has 0 spiro atoms. The number of nitrogens with one attached hydrogen (secondary N) is 1. The first-order valence-electron chi connectivity index (χ1n) is 6.25. The Morgan fingerprint density at radius 2 is 1.85 bits per heavy atom. The molecule has 0 bridgehead atoms. The monoisotopic (exact) mass is 270 g/mol. The van der Waals surface area contributed by atoms with Crippen LogP contribution in [0.5, 0.6) is 0 Å². The highest BCUT2D eigenvalue weighted by atomic mass is 19.1. The quantitative estimate of drug-likeness (QED) is 0.774. The Labute approximate surface area is 115 Å². The van der Waals surface area contributed by atoms with Gasteiger partial charge in [-0.05, 0) is 29.8 Å². The summed E-state index contributed by atoms with van der Waals surface area (Å²) in [4.78, 5) is 4.33. The van der Waals surface area contributed by atoms with Crippen LogP contribution in [-0.2, 0) is 6.54 Å². The molecular formula is C16H12F2N2. The number of pyridine rings is 1. The predicted octanol–water partition coefficient (Wildman–Crippen LogP) is 4.13. The van der Waals surface area contributed by atoms with E-state index in [9.17, 15) is 8.78 Å². The summed E-state index contributed by atoms with van der Waals surface area (Å²) in [5.74, 6) is -0.940. The molecule has 0 amide bonds. The molecule has 3 rings (SSSR count). The zero-order valence-electron chi connectivity index (χ0n) is 10.6. The van der Waals surface area contributed by atoms with Gasteiger partial charge in [0.25, 0.3) is 0 Å². The summed E-state index contributed by atoms with van der Waals surface area (Å²) in [6, 6.07) is 13.0. The van der Waals surface area contributed by atoms with Crippen molar-refractivity contribution in [2.45, 2.75) is 6.54 Å². The van der Waals surface area contributed by atoms with Crippen molar-refractivity contribution in [1.29, 1.82) is 0 Å². The van der Waals surface area contributed by atoms with Gasteiger partial charge in [-0.2, -0.15) is 0 Å². The van der Waals surface area contributed by atoms with Crippen LogP contribution < -0.4 is 5.32 Å². The lowest BCUT2D eigenvalue weighted by Gasteiger charge is -2.09. The van der Waals surface area contributed by atoms with Gasteiger partial charge in [-0.3, -0.25) is 4.98 Å². The van der Waals surface area contributed by atoms with Gasteiger partial charge in [0.1, 0.15) is 11.6 Å². The summed E-state index contributed by atoms with van der Waals surface area (Å²) in [6.45, 7) is 0.384. The third-order valence-corrected chi connectivity index (χ3v) is 3.11. The van der Waals surface area contributed by atoms with Gasteiger partial charge < -0.3 is 5.32 Å². The summed E-state index contributed by atoms with van der Waals surface area (Å²) >= 11 is 0. The number of aromatic nitrogens is 1. The Hall–Kier alpha value is -2.49. The van der Waals surface area contributed by atoms with E-state index in [2.05, 4.69) is 10.3 Å². The van der Waals surface area contributed by atoms with Crippen molar-refractivity contribution < 1.29 is 8.78 Å². The van der Waals surface area contributed by atoms with Gasteiger partial charge in [-0.15, -0.1) is 0 Å². The molecule has 1 N–H and O–H groups in total. The molecule has 20 heavy (non-hydrogen) atoms. The minimum Gasteiger partial charge on any atom is -0.378 e. The molecule has 0 saturated heterocycles. The molecule has 0 radical (unpaired) electrons. The second-order valence-corrected chi connectivity index (χ2v) is 4.47. The van der Waals surface area contributed by atoms with Crippen LogP contribution in [-0.4, -0.2) is 4.98 Å². The highest BCUT2D eigenvalue weighted by molar-refractivity contribution is 5.81. The van der Waals surface area contributed by atoms with E-state index in [4.69, 9.17) is 0 Å². The number of para-hydroxylation sites is 1. The molecule has 3 aromatic rings. The maximum atomic E-state index is 13.5. The van der Waals surface area contributed by atoms with Gasteiger partial charge >= 0.3 is 0 Å². The minimum atomic E-state index is -0.473. The highest BCUT2D eigenvalue weighted by Gasteiger charge is 2.05. The number of nitrogens with zero attached hydrogens (tertiary/aromatic N) is 1. The van der Waals surface area contributed by atoms with E-state index < -0.39 is 11.6 Å². The smallest absolute Gasteiger partial charge is 0.146 e. The Morgan fingerprint density at radius 1 is 1.00 bits per heavy atom. The summed E-state index contributed by atoms with van der Waals surface area (Å²) in [5, 5.41) is 3.93. The van der Waals surface area contributed by atoms with Crippen molar-refractivity contribution in [2.75, 3.05) is 5.32 Å². The van der Waals surface area contributed by atoms with Crippen LogP contribution in [0.1, 0.15) is 5.56 Å². The number of benzene rings is 2. The fraction of sp³-hybridized carbons (Fsp3) is 0.0625. The Balaban J connectivity index is 1.89. The fourth-order valence-electron chi connectivity index (χ4n) is 2.13. The maximum absolute atomic E-state index is 13.5. The first kappa shape index (κ1) is 12.5. The van der Waals surface area contributed by atoms with Crippen LogP contribution in [0.2, 0.25) is 0 Å². The van der Waals surface area contributed by atoms with Crippen LogP contribution >= 0.6 is 0 Å². The lowest BCUT2D eigenvalue weighted by Crippen LogP contribution is -2.03. The van der Waals surface area contributed by atoms with Crippen molar-refractivity contribution in [3.63, 3.8) is 0 Å². The van der Waals surface area contributed by atoms with Crippen LogP contribution in [0.25, 0.3) is 10.9 Å². The zero-order valence-corrected chi connectivity index (χ0v) is 10.6. The van der Waals surface area contributed by atoms with E-state index in [-0.39, 0.29) is 5.69 Å². The first-order valence-corrected chi connectivity index (χ1v) is 6.25. The van der Waals surface area contributed by atoms with E-state index in [0.717, 1.165) is 34.7 Å². The summed E-state index contributed by atoms with van der Waals surface area (Å²) in [6.07, 6.45) is 1.72. The van der Waals surface area contributed by atoms with E-state index in [1.54, 1.807) is 6.20 Å². The summed E-state index contributed by atoms with van der Waals surface area (Å²) < 4.78 is 26.6. The summed E-state index contributed by atoms with van der Waals surface area (Å²) in [5.41, 5.74) is 1.95. The minimum absolute atomic E-state index is 0.151. The number of fused-ring (bicyclic) bond motifs is 1. The van der Waals surface area contributed by atoms with Crippen LogP contribution in [0.15, 0.2) is 54.7 Å². The second kappa shape index (κ2) is 5.25. The number of halogens is 2. The predicted molar refractivity (Wildman–Crippen MR) is 75.4 cm³/mol. The molecule has 2 nitrogen and oxygen atoms in total. The molecule has 0 unspecified atom stereocenters. The molecular weight excluding hydrogens is 258 g/mol. The fourth-order valence-corrected chi connectivity index (χ4v) is 2.13. The van der Waals surface area contributed by atoms with Crippen LogP contribution in [0.4, 0.5) is 14.5 Å². The zero-order chi connectivity index (χ0) is 13.9. The normalized spacial score (nSPS) is 10.7. The molecule has 1 aromatic heterocycles. The second-order valence-electron chi connectivity index (χ2n) is 4.47. The molecule has 100 valence electrons. The van der Waals surface area contributed by atoms with Crippen molar-refractivity contribution in [3.05, 3.63) is 71.9 Å². The van der Waals surface area contributed by atoms with Crippen molar-refractivity contribution in [3.8, 4) is 0 Å². The van der Waals surface area contributed by atoms with E-state index in [0.29, 0.717) is 6.54 Å². The lowest BCUT2D eigenvalue weighted by atomic mass is 10.1. The van der Waals surface area contributed by atoms with Gasteiger partial charge in [0, 0.05) is 18.1 Å². The van der Waals surface area contributed by atoms with Crippen LogP contribution in [0, 0.1) is 11.6 Å². The average Bonchev–Trinajstić information content (AvgIpc) is 2.48. The molecule has 0 fully saturated rings.